The maximum atomic E-state index is 2.64. The normalized spacial score (nSPS) is 15.0. The van der Waals surface area contributed by atoms with Gasteiger partial charge in [-0.3, -0.25) is 4.57 Å². The molecule has 0 aromatic rings. The molecule has 0 amide bonds. The summed E-state index contributed by atoms with van der Waals surface area (Å²) in [5.41, 5.74) is 0. The Hall–Kier alpha value is 0.0969. The molecule has 1 atom stereocenters. The van der Waals surface area contributed by atoms with E-state index < -0.39 is 9.28 Å². The molecule has 92 valence electrons. The molecule has 0 aliphatic carbocycles. The summed E-state index contributed by atoms with van der Waals surface area (Å²) in [6.45, 7) is 12.5. The number of rotatable bonds is 6. The first-order valence-corrected chi connectivity index (χ1v) is 7.51. The van der Waals surface area contributed by atoms with Crippen molar-refractivity contribution in [1.82, 2.24) is 13.7 Å². The van der Waals surface area contributed by atoms with E-state index in [2.05, 4.69) is 69.5 Å². The summed E-state index contributed by atoms with van der Waals surface area (Å²) in [6, 6.07) is 1.26. The monoisotopic (exact) mass is 231 g/mol. The third kappa shape index (κ3) is 4.22. The predicted molar refractivity (Wildman–Crippen MR) is 71.3 cm³/mol. The molecule has 4 heteroatoms. The van der Waals surface area contributed by atoms with Gasteiger partial charge < -0.3 is 9.13 Å². The van der Waals surface area contributed by atoms with Crippen LogP contribution in [0.5, 0.6) is 0 Å². The second-order valence-corrected chi connectivity index (χ2v) is 8.20. The third-order valence-corrected chi connectivity index (χ3v) is 6.77. The van der Waals surface area contributed by atoms with E-state index in [1.54, 1.807) is 0 Å². The summed E-state index contributed by atoms with van der Waals surface area (Å²) in [4.78, 5) is 0. The molecule has 0 aliphatic rings. The van der Waals surface area contributed by atoms with Crippen molar-refractivity contribution in [3.63, 3.8) is 0 Å². The van der Waals surface area contributed by atoms with Crippen molar-refractivity contribution in [2.45, 2.75) is 46.7 Å². The van der Waals surface area contributed by atoms with Gasteiger partial charge in [-0.25, -0.2) is 0 Å². The number of hydrogen-bond acceptors (Lipinski definition) is 3. The van der Waals surface area contributed by atoms with E-state index in [0.717, 1.165) is 6.54 Å². The van der Waals surface area contributed by atoms with E-state index in [9.17, 15) is 0 Å². The lowest BCUT2D eigenvalue weighted by Gasteiger charge is -2.43. The second-order valence-electron chi connectivity index (χ2n) is 4.99. The number of hydrogen-bond donors (Lipinski definition) is 0. The van der Waals surface area contributed by atoms with Crippen molar-refractivity contribution >= 4 is 9.28 Å². The Kier molecular flexibility index (Phi) is 6.67. The van der Waals surface area contributed by atoms with Crippen LogP contribution in [0.2, 0.25) is 0 Å². The molecule has 1 unspecified atom stereocenters. The minimum Gasteiger partial charge on any atom is -0.307 e. The van der Waals surface area contributed by atoms with Crippen molar-refractivity contribution in [2.24, 2.45) is 0 Å². The Morgan fingerprint density at radius 3 is 1.60 bits per heavy atom. The van der Waals surface area contributed by atoms with Gasteiger partial charge in [0.05, 0.1) is 0 Å². The van der Waals surface area contributed by atoms with Gasteiger partial charge in [-0.05, 0) is 39.8 Å². The fourth-order valence-electron chi connectivity index (χ4n) is 1.96. The zero-order chi connectivity index (χ0) is 12.2. The van der Waals surface area contributed by atoms with E-state index in [0.29, 0.717) is 12.1 Å². The van der Waals surface area contributed by atoms with E-state index in [-0.39, 0.29) is 0 Å². The molecule has 0 aromatic heterocycles. The molecule has 0 saturated heterocycles. The van der Waals surface area contributed by atoms with Crippen LogP contribution < -0.4 is 0 Å². The van der Waals surface area contributed by atoms with Crippen LogP contribution in [0.4, 0.5) is 0 Å². The molecule has 0 saturated carbocycles. The molecular weight excluding hydrogens is 202 g/mol. The predicted octanol–water partition coefficient (Wildman–Crippen LogP) is 1.34. The van der Waals surface area contributed by atoms with Crippen LogP contribution in [-0.4, -0.2) is 62.7 Å². The van der Waals surface area contributed by atoms with Crippen LogP contribution in [0.3, 0.4) is 0 Å². The van der Waals surface area contributed by atoms with E-state index in [1.165, 1.54) is 0 Å². The van der Waals surface area contributed by atoms with Gasteiger partial charge in [0.15, 0.2) is 0 Å². The summed E-state index contributed by atoms with van der Waals surface area (Å²) >= 11 is 0. The molecule has 0 heterocycles. The molecular formula is C11H29N3Si. The quantitative estimate of drug-likeness (QED) is 0.639. The lowest BCUT2D eigenvalue weighted by molar-refractivity contribution is 0.271. The summed E-state index contributed by atoms with van der Waals surface area (Å²) in [5.74, 6) is 0. The van der Waals surface area contributed by atoms with Gasteiger partial charge in [0, 0.05) is 0 Å². The first-order valence-electron chi connectivity index (χ1n) is 5.97. The third-order valence-electron chi connectivity index (χ3n) is 2.97. The largest absolute Gasteiger partial charge is 0.307 e. The van der Waals surface area contributed by atoms with Crippen molar-refractivity contribution in [3.05, 3.63) is 0 Å². The highest BCUT2D eigenvalue weighted by atomic mass is 28.3. The molecule has 0 aliphatic heterocycles. The minimum absolute atomic E-state index is 0.622. The highest BCUT2D eigenvalue weighted by Gasteiger charge is 2.29. The Labute approximate surface area is 97.9 Å². The van der Waals surface area contributed by atoms with Crippen molar-refractivity contribution in [1.29, 1.82) is 0 Å². The number of nitrogens with zero attached hydrogens (tertiary/aromatic N) is 3. The van der Waals surface area contributed by atoms with Crippen molar-refractivity contribution < 1.29 is 0 Å². The summed E-state index contributed by atoms with van der Waals surface area (Å²) in [6.07, 6.45) is 0. The zero-order valence-electron chi connectivity index (χ0n) is 11.8. The van der Waals surface area contributed by atoms with Crippen LogP contribution in [0, 0.1) is 0 Å². The van der Waals surface area contributed by atoms with Crippen LogP contribution in [0.1, 0.15) is 34.6 Å². The molecule has 0 radical (unpaired) electrons. The molecule has 15 heavy (non-hydrogen) atoms. The average molecular weight is 231 g/mol. The Morgan fingerprint density at radius 1 is 0.933 bits per heavy atom. The maximum absolute atomic E-state index is 2.64. The fraction of sp³-hybridized carbons (Fsp3) is 1.00. The van der Waals surface area contributed by atoms with Gasteiger partial charge in [0.25, 0.3) is 9.28 Å². The molecule has 3 nitrogen and oxygen atoms in total. The van der Waals surface area contributed by atoms with Gasteiger partial charge in [0.2, 0.25) is 0 Å². The second kappa shape index (κ2) is 6.63. The van der Waals surface area contributed by atoms with E-state index >= 15 is 0 Å². The van der Waals surface area contributed by atoms with Gasteiger partial charge in [-0.1, -0.05) is 34.6 Å². The Morgan fingerprint density at radius 2 is 1.40 bits per heavy atom. The molecule has 0 spiro atoms. The van der Waals surface area contributed by atoms with E-state index in [1.807, 2.05) is 0 Å². The molecule has 0 N–H and O–H groups in total. The highest BCUT2D eigenvalue weighted by Crippen LogP contribution is 2.09. The van der Waals surface area contributed by atoms with E-state index in [4.69, 9.17) is 0 Å². The smallest absolute Gasteiger partial charge is 0.272 e. The lowest BCUT2D eigenvalue weighted by Crippen LogP contribution is -2.63. The molecule has 0 fully saturated rings. The molecule has 0 rings (SSSR count). The first-order chi connectivity index (χ1) is 6.82. The van der Waals surface area contributed by atoms with Crippen LogP contribution in [-0.2, 0) is 0 Å². The summed E-state index contributed by atoms with van der Waals surface area (Å²) in [7, 11) is 5.54. The Bertz CT molecular complexity index is 171. The van der Waals surface area contributed by atoms with Gasteiger partial charge in [0.1, 0.15) is 0 Å². The fourth-order valence-corrected chi connectivity index (χ4v) is 5.14. The SMILES string of the molecule is CCN(C(C)C)[SiH](N(C)C)N(C)C(C)C. The lowest BCUT2D eigenvalue weighted by atomic mass is 10.4. The summed E-state index contributed by atoms with van der Waals surface area (Å²) < 4.78 is 7.60. The van der Waals surface area contributed by atoms with Crippen LogP contribution in [0.25, 0.3) is 0 Å². The van der Waals surface area contributed by atoms with Gasteiger partial charge in [-0.2, -0.15) is 0 Å². The van der Waals surface area contributed by atoms with Crippen molar-refractivity contribution in [2.75, 3.05) is 27.7 Å². The van der Waals surface area contributed by atoms with Gasteiger partial charge in [-0.15, -0.1) is 0 Å². The molecule has 0 bridgehead atoms. The van der Waals surface area contributed by atoms with Crippen molar-refractivity contribution in [3.8, 4) is 0 Å². The minimum atomic E-state index is -1.13. The highest BCUT2D eigenvalue weighted by molar-refractivity contribution is 6.49. The zero-order valence-corrected chi connectivity index (χ0v) is 12.9. The average Bonchev–Trinajstić information content (AvgIpc) is 2.11. The van der Waals surface area contributed by atoms with Gasteiger partial charge >= 0.3 is 0 Å². The topological polar surface area (TPSA) is 9.72 Å². The first kappa shape index (κ1) is 15.1. The van der Waals surface area contributed by atoms with Crippen LogP contribution >= 0.6 is 0 Å². The maximum Gasteiger partial charge on any atom is 0.272 e. The standard InChI is InChI=1S/C11H29N3Si/c1-9-14(11(4)5)15(12(6)7)13(8)10(2)3/h10-11,15H,9H2,1-8H3. The Balaban J connectivity index is 4.77. The summed E-state index contributed by atoms with van der Waals surface area (Å²) in [5, 5.41) is 0. The van der Waals surface area contributed by atoms with Crippen LogP contribution in [0.15, 0.2) is 0 Å². The molecule has 0 aromatic carbocycles.